The predicted octanol–water partition coefficient (Wildman–Crippen LogP) is 12.3. The van der Waals surface area contributed by atoms with Gasteiger partial charge in [0.2, 0.25) is 0 Å². The maximum atomic E-state index is 16.0. The largest absolute Gasteiger partial charge is 0.207 e. The van der Waals surface area contributed by atoms with E-state index in [9.17, 15) is 0 Å². The fraction of sp³-hybridized carbons (Fsp3) is 0.105. The van der Waals surface area contributed by atoms with Crippen LogP contribution in [0.4, 0.5) is 35.1 Å². The highest BCUT2D eigenvalue weighted by atomic mass is 32.1. The minimum atomic E-state index is -2.36. The van der Waals surface area contributed by atoms with E-state index in [4.69, 9.17) is 0 Å². The monoisotopic (exact) mass is 840 g/mol. The molecule has 6 heterocycles. The number of thiophene rings is 4. The van der Waals surface area contributed by atoms with E-state index >= 15 is 35.1 Å². The quantitative estimate of drug-likeness (QED) is 0.117. The Morgan fingerprint density at radius 2 is 0.482 bits per heavy atom. The number of halogens is 8. The molecule has 0 unspecified atom stereocenters. The van der Waals surface area contributed by atoms with E-state index in [1.54, 1.807) is 76.2 Å². The highest BCUT2D eigenvalue weighted by Gasteiger charge is 2.36. The predicted molar refractivity (Wildman–Crippen MR) is 201 cm³/mol. The SMILES string of the molecule is Cc1ccc(-c2nc(-c3ccc(C)s3)nc(-c3c(F)c(F)c(-c4c(F)c(F)c(-c5nc(-c6ccc(C)s6)nc(-c6ccc(C)s6)n5)c(F)c4F)c(F)c3F)n2)s1. The van der Waals surface area contributed by atoms with Gasteiger partial charge in [-0.25, -0.2) is 65.0 Å². The molecule has 0 fully saturated rings. The maximum absolute atomic E-state index is 16.0. The van der Waals surface area contributed by atoms with Crippen LogP contribution in [-0.4, -0.2) is 29.9 Å². The number of hydrogen-bond acceptors (Lipinski definition) is 10. The second-order valence-corrected chi connectivity index (χ2v) is 17.4. The molecule has 0 saturated heterocycles. The number of aryl methyl sites for hydroxylation is 4. The summed E-state index contributed by atoms with van der Waals surface area (Å²) in [6, 6.07) is 13.4. The average Bonchev–Trinajstić information content (AvgIpc) is 4.00. The lowest BCUT2D eigenvalue weighted by molar-refractivity contribution is 0.445. The number of nitrogens with zero attached hydrogens (tertiary/aromatic N) is 6. The minimum absolute atomic E-state index is 0.0808. The van der Waals surface area contributed by atoms with Crippen molar-refractivity contribution in [2.75, 3.05) is 0 Å². The van der Waals surface area contributed by atoms with Crippen molar-refractivity contribution < 1.29 is 35.1 Å². The second kappa shape index (κ2) is 14.3. The van der Waals surface area contributed by atoms with Crippen LogP contribution < -0.4 is 0 Å². The molecule has 0 aliphatic carbocycles. The smallest absolute Gasteiger partial charge is 0.174 e. The third kappa shape index (κ3) is 6.49. The lowest BCUT2D eigenvalue weighted by Crippen LogP contribution is -2.11. The zero-order valence-corrected chi connectivity index (χ0v) is 32.2. The number of benzene rings is 2. The van der Waals surface area contributed by atoms with Gasteiger partial charge in [0, 0.05) is 19.5 Å². The Kier molecular flexibility index (Phi) is 9.62. The molecule has 56 heavy (non-hydrogen) atoms. The molecule has 0 bridgehead atoms. The topological polar surface area (TPSA) is 77.3 Å². The van der Waals surface area contributed by atoms with E-state index in [0.717, 1.165) is 19.5 Å². The molecular weight excluding hydrogens is 821 g/mol. The molecule has 0 atom stereocenters. The van der Waals surface area contributed by atoms with Gasteiger partial charge in [0.1, 0.15) is 0 Å². The van der Waals surface area contributed by atoms with E-state index in [2.05, 4.69) is 29.9 Å². The normalized spacial score (nSPS) is 11.6. The van der Waals surface area contributed by atoms with Crippen molar-refractivity contribution in [2.24, 2.45) is 0 Å². The number of hydrogen-bond donors (Lipinski definition) is 0. The molecule has 8 aromatic rings. The van der Waals surface area contributed by atoms with Crippen molar-refractivity contribution in [3.05, 3.63) is 115 Å². The van der Waals surface area contributed by atoms with Crippen LogP contribution in [0.5, 0.6) is 0 Å². The van der Waals surface area contributed by atoms with Crippen molar-refractivity contribution in [3.8, 4) is 76.7 Å². The molecule has 0 aliphatic rings. The summed E-state index contributed by atoms with van der Waals surface area (Å²) < 4.78 is 128. The van der Waals surface area contributed by atoms with Crippen molar-refractivity contribution in [3.63, 3.8) is 0 Å². The summed E-state index contributed by atoms with van der Waals surface area (Å²) in [4.78, 5) is 30.2. The van der Waals surface area contributed by atoms with Gasteiger partial charge in [0.25, 0.3) is 0 Å². The Labute approximate surface area is 327 Å². The van der Waals surface area contributed by atoms with Crippen LogP contribution in [0.1, 0.15) is 19.5 Å². The Morgan fingerprint density at radius 1 is 0.286 bits per heavy atom. The Morgan fingerprint density at radius 3 is 0.679 bits per heavy atom. The highest BCUT2D eigenvalue weighted by molar-refractivity contribution is 7.16. The van der Waals surface area contributed by atoms with Crippen molar-refractivity contribution in [1.82, 2.24) is 29.9 Å². The number of aromatic nitrogens is 6. The van der Waals surface area contributed by atoms with Crippen LogP contribution in [0.25, 0.3) is 76.7 Å². The van der Waals surface area contributed by atoms with Gasteiger partial charge in [-0.05, 0) is 76.2 Å². The molecule has 6 aromatic heterocycles. The van der Waals surface area contributed by atoms with E-state index in [1.165, 1.54) is 45.3 Å². The first-order chi connectivity index (χ1) is 26.7. The van der Waals surface area contributed by atoms with Crippen LogP contribution in [-0.2, 0) is 0 Å². The van der Waals surface area contributed by atoms with Gasteiger partial charge in [-0.15, -0.1) is 45.3 Å². The molecule has 0 spiro atoms. The Balaban J connectivity index is 1.30. The molecule has 8 rings (SSSR count). The van der Waals surface area contributed by atoms with Gasteiger partial charge < -0.3 is 0 Å². The molecule has 2 aromatic carbocycles. The summed E-state index contributed by atoms with van der Waals surface area (Å²) in [6.07, 6.45) is 0. The average molecular weight is 841 g/mol. The Hall–Kier alpha value is -5.30. The first-order valence-corrected chi connectivity index (χ1v) is 19.5. The lowest BCUT2D eigenvalue weighted by atomic mass is 9.97. The molecule has 0 aliphatic heterocycles. The van der Waals surface area contributed by atoms with Gasteiger partial charge >= 0.3 is 0 Å². The summed E-state index contributed by atoms with van der Waals surface area (Å²) in [5.74, 6) is -20.2. The van der Waals surface area contributed by atoms with Crippen molar-refractivity contribution >= 4 is 45.3 Å². The molecule has 0 saturated carbocycles. The molecule has 18 heteroatoms. The molecule has 6 nitrogen and oxygen atoms in total. The third-order valence-electron chi connectivity index (χ3n) is 8.34. The second-order valence-electron chi connectivity index (χ2n) is 12.3. The fourth-order valence-corrected chi connectivity index (χ4v) is 8.94. The van der Waals surface area contributed by atoms with Crippen LogP contribution in [0.2, 0.25) is 0 Å². The van der Waals surface area contributed by atoms with Gasteiger partial charge in [0.15, 0.2) is 81.5 Å². The lowest BCUT2D eigenvalue weighted by Gasteiger charge is -2.16. The summed E-state index contributed by atoms with van der Waals surface area (Å²) in [5.41, 5.74) is -6.96. The van der Waals surface area contributed by atoms with Gasteiger partial charge in [-0.3, -0.25) is 0 Å². The standard InChI is InChI=1S/C38H20F8N6S4/c1-13-5-9-17(53-13)33-47-34(18-10-6-14(2)54-18)50-37(49-33)23-29(43)25(39)21(26(40)30(23)44)22-27(41)31(45)24(32(46)28(22)42)38-51-35(19-11-7-15(3)55-19)48-36(52-38)20-12-8-16(4)56-20/h5-12H,1-4H3. The molecular formula is C38H20F8N6S4. The zero-order valence-electron chi connectivity index (χ0n) is 29.0. The maximum Gasteiger partial charge on any atom is 0.174 e. The molecule has 0 radical (unpaired) electrons. The van der Waals surface area contributed by atoms with Gasteiger partial charge in [-0.1, -0.05) is 0 Å². The van der Waals surface area contributed by atoms with Crippen molar-refractivity contribution in [2.45, 2.75) is 27.7 Å². The molecule has 0 N–H and O–H groups in total. The van der Waals surface area contributed by atoms with Crippen LogP contribution in [0, 0.1) is 74.2 Å². The van der Waals surface area contributed by atoms with E-state index in [-0.39, 0.29) is 23.3 Å². The first kappa shape index (κ1) is 37.6. The van der Waals surface area contributed by atoms with Crippen LogP contribution in [0.3, 0.4) is 0 Å². The van der Waals surface area contributed by atoms with Crippen LogP contribution in [0.15, 0.2) is 48.5 Å². The van der Waals surface area contributed by atoms with Gasteiger partial charge in [0.05, 0.1) is 41.8 Å². The minimum Gasteiger partial charge on any atom is -0.207 e. The van der Waals surface area contributed by atoms with Crippen LogP contribution >= 0.6 is 45.3 Å². The Bertz CT molecular complexity index is 2510. The molecule has 0 amide bonds. The summed E-state index contributed by atoms with van der Waals surface area (Å²) in [5, 5.41) is 0. The summed E-state index contributed by atoms with van der Waals surface area (Å²) in [7, 11) is 0. The first-order valence-electron chi connectivity index (χ1n) is 16.2. The summed E-state index contributed by atoms with van der Waals surface area (Å²) in [6.45, 7) is 7.15. The van der Waals surface area contributed by atoms with E-state index in [1.807, 2.05) is 0 Å². The van der Waals surface area contributed by atoms with Gasteiger partial charge in [-0.2, -0.15) is 0 Å². The van der Waals surface area contributed by atoms with E-state index in [0.29, 0.717) is 19.5 Å². The fourth-order valence-electron chi connectivity index (χ4n) is 5.73. The number of rotatable bonds is 7. The highest BCUT2D eigenvalue weighted by Crippen LogP contribution is 2.43. The zero-order chi connectivity index (χ0) is 39.7. The van der Waals surface area contributed by atoms with E-state index < -0.39 is 80.4 Å². The summed E-state index contributed by atoms with van der Waals surface area (Å²) >= 11 is 4.90. The third-order valence-corrected chi connectivity index (χ3v) is 12.3. The van der Waals surface area contributed by atoms with Crippen molar-refractivity contribution in [1.29, 1.82) is 0 Å². The molecule has 282 valence electrons.